The van der Waals surface area contributed by atoms with Crippen LogP contribution in [-0.4, -0.2) is 12.6 Å². The second-order valence-electron chi connectivity index (χ2n) is 2.35. The maximum absolute atomic E-state index is 5.05. The molecule has 0 radical (unpaired) electrons. The van der Waals surface area contributed by atoms with Crippen molar-refractivity contribution in [3.05, 3.63) is 36.5 Å². The molecule has 0 fully saturated rings. The molecule has 0 aliphatic heterocycles. The molecule has 0 saturated carbocycles. The molecule has 0 aromatic rings. The summed E-state index contributed by atoms with van der Waals surface area (Å²) in [5.74, 6) is 0. The van der Waals surface area contributed by atoms with Crippen molar-refractivity contribution in [2.75, 3.05) is 6.61 Å². The van der Waals surface area contributed by atoms with Crippen LogP contribution in [0.15, 0.2) is 36.5 Å². The lowest BCUT2D eigenvalue weighted by molar-refractivity contribution is 0.0432. The van der Waals surface area contributed by atoms with Crippen LogP contribution in [0.25, 0.3) is 0 Å². The monoisotopic (exact) mass is 151 g/mol. The minimum Gasteiger partial charge on any atom is -0.301 e. The average Bonchev–Trinajstić information content (AvgIpc) is 2.03. The van der Waals surface area contributed by atoms with Gasteiger partial charge in [-0.05, 0) is 12.5 Å². The van der Waals surface area contributed by atoms with Crippen LogP contribution in [0.4, 0.5) is 0 Å². The van der Waals surface area contributed by atoms with E-state index in [1.54, 1.807) is 0 Å². The van der Waals surface area contributed by atoms with Gasteiger partial charge in [0.05, 0.1) is 12.6 Å². The highest BCUT2D eigenvalue weighted by Crippen LogP contribution is 2.08. The van der Waals surface area contributed by atoms with Crippen LogP contribution in [0.2, 0.25) is 0 Å². The second kappa shape index (κ2) is 4.11. The van der Waals surface area contributed by atoms with Gasteiger partial charge in [-0.25, -0.2) is 0 Å². The summed E-state index contributed by atoms with van der Waals surface area (Å²) in [5, 5.41) is 0. The minimum absolute atomic E-state index is 0.139. The Hall–Kier alpha value is -0.860. The van der Waals surface area contributed by atoms with Crippen LogP contribution < -0.4 is 5.48 Å². The highest BCUT2D eigenvalue weighted by molar-refractivity contribution is 5.33. The van der Waals surface area contributed by atoms with Gasteiger partial charge in [0.1, 0.15) is 0 Å². The normalized spacial score (nSPS) is 22.6. The third-order valence-corrected chi connectivity index (χ3v) is 1.48. The van der Waals surface area contributed by atoms with E-state index in [0.29, 0.717) is 6.61 Å². The lowest BCUT2D eigenvalue weighted by atomic mass is 10.1. The number of rotatable bonds is 3. The van der Waals surface area contributed by atoms with Gasteiger partial charge in [0.2, 0.25) is 0 Å². The molecule has 1 atom stereocenters. The minimum atomic E-state index is 0.139. The Morgan fingerprint density at radius 2 is 2.45 bits per heavy atom. The Morgan fingerprint density at radius 1 is 1.64 bits per heavy atom. The summed E-state index contributed by atoms with van der Waals surface area (Å²) >= 11 is 0. The highest BCUT2D eigenvalue weighted by atomic mass is 16.6. The maximum atomic E-state index is 5.05. The summed E-state index contributed by atoms with van der Waals surface area (Å²) in [6.45, 7) is 6.48. The van der Waals surface area contributed by atoms with E-state index >= 15 is 0 Å². The van der Waals surface area contributed by atoms with Gasteiger partial charge in [-0.3, -0.25) is 0 Å². The van der Waals surface area contributed by atoms with E-state index in [2.05, 4.69) is 12.1 Å². The number of hydrogen-bond donors (Lipinski definition) is 1. The van der Waals surface area contributed by atoms with Gasteiger partial charge in [-0.15, -0.1) is 0 Å². The van der Waals surface area contributed by atoms with Gasteiger partial charge in [0.25, 0.3) is 0 Å². The fourth-order valence-electron chi connectivity index (χ4n) is 0.870. The standard InChI is InChI=1S/C9H13NO/c1-3-11-10-9-7-5-4-6-8(9)2/h4-7,9-10H,2-3H2,1H3. The Morgan fingerprint density at radius 3 is 3.09 bits per heavy atom. The first-order valence-electron chi connectivity index (χ1n) is 3.75. The van der Waals surface area contributed by atoms with Crippen LogP contribution in [-0.2, 0) is 4.84 Å². The van der Waals surface area contributed by atoms with Crippen LogP contribution >= 0.6 is 0 Å². The molecule has 1 N–H and O–H groups in total. The predicted molar refractivity (Wildman–Crippen MR) is 46.0 cm³/mol. The van der Waals surface area contributed by atoms with Crippen LogP contribution in [0, 0.1) is 0 Å². The van der Waals surface area contributed by atoms with Crippen molar-refractivity contribution in [2.24, 2.45) is 0 Å². The quantitative estimate of drug-likeness (QED) is 0.618. The lowest BCUT2D eigenvalue weighted by Crippen LogP contribution is -2.29. The molecule has 0 spiro atoms. The molecule has 0 aromatic heterocycles. The van der Waals surface area contributed by atoms with Crippen molar-refractivity contribution in [1.29, 1.82) is 0 Å². The molecule has 1 aliphatic rings. The first kappa shape index (κ1) is 8.24. The van der Waals surface area contributed by atoms with Gasteiger partial charge in [0.15, 0.2) is 0 Å². The van der Waals surface area contributed by atoms with Crippen molar-refractivity contribution >= 4 is 0 Å². The van der Waals surface area contributed by atoms with E-state index in [-0.39, 0.29) is 6.04 Å². The van der Waals surface area contributed by atoms with Crippen molar-refractivity contribution in [2.45, 2.75) is 13.0 Å². The molecular formula is C9H13NO. The Kier molecular flexibility index (Phi) is 3.08. The van der Waals surface area contributed by atoms with Gasteiger partial charge in [-0.1, -0.05) is 30.9 Å². The fourth-order valence-corrected chi connectivity index (χ4v) is 0.870. The van der Waals surface area contributed by atoms with Gasteiger partial charge < -0.3 is 4.84 Å². The summed E-state index contributed by atoms with van der Waals surface area (Å²) < 4.78 is 0. The van der Waals surface area contributed by atoms with Gasteiger partial charge in [-0.2, -0.15) is 5.48 Å². The van der Waals surface area contributed by atoms with Crippen molar-refractivity contribution in [1.82, 2.24) is 5.48 Å². The molecule has 11 heavy (non-hydrogen) atoms. The van der Waals surface area contributed by atoms with E-state index in [1.165, 1.54) is 0 Å². The van der Waals surface area contributed by atoms with E-state index in [9.17, 15) is 0 Å². The fraction of sp³-hybridized carbons (Fsp3) is 0.333. The molecule has 2 nitrogen and oxygen atoms in total. The van der Waals surface area contributed by atoms with Gasteiger partial charge in [0, 0.05) is 0 Å². The zero-order valence-electron chi connectivity index (χ0n) is 6.71. The lowest BCUT2D eigenvalue weighted by Gasteiger charge is -2.16. The first-order chi connectivity index (χ1) is 5.34. The molecule has 0 aromatic carbocycles. The Labute approximate surface area is 67.2 Å². The molecule has 0 heterocycles. The zero-order chi connectivity index (χ0) is 8.10. The molecule has 0 bridgehead atoms. The van der Waals surface area contributed by atoms with Crippen molar-refractivity contribution < 1.29 is 4.84 Å². The summed E-state index contributed by atoms with van der Waals surface area (Å²) in [6, 6.07) is 0.139. The number of allylic oxidation sites excluding steroid dienone is 2. The summed E-state index contributed by atoms with van der Waals surface area (Å²) in [6.07, 6.45) is 7.92. The van der Waals surface area contributed by atoms with Gasteiger partial charge >= 0.3 is 0 Å². The van der Waals surface area contributed by atoms with Crippen molar-refractivity contribution in [3.63, 3.8) is 0 Å². The molecule has 1 aliphatic carbocycles. The Balaban J connectivity index is 2.39. The molecule has 1 unspecified atom stereocenters. The predicted octanol–water partition coefficient (Wildman–Crippen LogP) is 1.58. The van der Waals surface area contributed by atoms with Crippen LogP contribution in [0.5, 0.6) is 0 Å². The zero-order valence-corrected chi connectivity index (χ0v) is 6.71. The Bertz CT molecular complexity index is 194. The average molecular weight is 151 g/mol. The third kappa shape index (κ3) is 2.33. The first-order valence-corrected chi connectivity index (χ1v) is 3.75. The summed E-state index contributed by atoms with van der Waals surface area (Å²) in [4.78, 5) is 5.05. The smallest absolute Gasteiger partial charge is 0.0749 e. The summed E-state index contributed by atoms with van der Waals surface area (Å²) in [7, 11) is 0. The molecule has 60 valence electrons. The molecule has 0 amide bonds. The molecule has 1 rings (SSSR count). The SMILES string of the molecule is C=C1C=CC=CC1NOCC. The molecule has 0 saturated heterocycles. The second-order valence-corrected chi connectivity index (χ2v) is 2.35. The maximum Gasteiger partial charge on any atom is 0.0749 e. The number of nitrogens with one attached hydrogen (secondary N) is 1. The van der Waals surface area contributed by atoms with Crippen LogP contribution in [0.3, 0.4) is 0 Å². The largest absolute Gasteiger partial charge is 0.301 e. The third-order valence-electron chi connectivity index (χ3n) is 1.48. The van der Waals surface area contributed by atoms with E-state index in [1.807, 2.05) is 31.2 Å². The van der Waals surface area contributed by atoms with E-state index in [0.717, 1.165) is 5.57 Å². The topological polar surface area (TPSA) is 21.3 Å². The molecule has 2 heteroatoms. The number of hydrogen-bond acceptors (Lipinski definition) is 2. The highest BCUT2D eigenvalue weighted by Gasteiger charge is 2.07. The van der Waals surface area contributed by atoms with Crippen molar-refractivity contribution in [3.8, 4) is 0 Å². The molecular weight excluding hydrogens is 138 g/mol. The summed E-state index contributed by atoms with van der Waals surface area (Å²) in [5.41, 5.74) is 3.91. The van der Waals surface area contributed by atoms with E-state index < -0.39 is 0 Å². The van der Waals surface area contributed by atoms with Crippen LogP contribution in [0.1, 0.15) is 6.92 Å². The number of hydroxylamine groups is 1. The van der Waals surface area contributed by atoms with E-state index in [4.69, 9.17) is 4.84 Å².